The molecule has 1 rings (SSSR count). The van der Waals surface area contributed by atoms with Gasteiger partial charge in [-0.05, 0) is 13.1 Å². The highest BCUT2D eigenvalue weighted by Crippen LogP contribution is 2.16. The molecule has 5 heteroatoms. The second-order valence-corrected chi connectivity index (χ2v) is 3.34. The van der Waals surface area contributed by atoms with Crippen molar-refractivity contribution in [3.8, 4) is 5.88 Å². The summed E-state index contributed by atoms with van der Waals surface area (Å²) >= 11 is 0. The molecule has 0 saturated carbocycles. The lowest BCUT2D eigenvalue weighted by Crippen LogP contribution is -2.10. The van der Waals surface area contributed by atoms with Crippen LogP contribution in [-0.4, -0.2) is 32.4 Å². The predicted octanol–water partition coefficient (Wildman–Crippen LogP) is 1.36. The highest BCUT2D eigenvalue weighted by molar-refractivity contribution is 5.25. The Morgan fingerprint density at radius 2 is 2.25 bits per heavy atom. The second-order valence-electron chi connectivity index (χ2n) is 3.34. The number of pyridine rings is 1. The molecule has 0 aliphatic heterocycles. The molecular formula is C11H17FN2O2. The minimum atomic E-state index is -0.352. The quantitative estimate of drug-likeness (QED) is 0.715. The number of nitrogens with zero attached hydrogens (tertiary/aromatic N) is 1. The molecule has 1 aromatic heterocycles. The number of nitrogens with one attached hydrogen (secondary N) is 1. The molecular weight excluding hydrogens is 211 g/mol. The van der Waals surface area contributed by atoms with Crippen molar-refractivity contribution in [1.29, 1.82) is 0 Å². The largest absolute Gasteiger partial charge is 0.477 e. The highest BCUT2D eigenvalue weighted by atomic mass is 19.1. The summed E-state index contributed by atoms with van der Waals surface area (Å²) in [7, 11) is 3.43. The Kier molecular flexibility index (Phi) is 5.74. The summed E-state index contributed by atoms with van der Waals surface area (Å²) < 4.78 is 23.3. The third-order valence-electron chi connectivity index (χ3n) is 1.99. The van der Waals surface area contributed by atoms with E-state index in [0.717, 1.165) is 18.2 Å². The number of halogens is 1. The van der Waals surface area contributed by atoms with Crippen molar-refractivity contribution in [2.75, 3.05) is 27.4 Å². The summed E-state index contributed by atoms with van der Waals surface area (Å²) in [5.74, 6) is 0.126. The van der Waals surface area contributed by atoms with Crippen LogP contribution in [0.25, 0.3) is 0 Å². The monoisotopic (exact) mass is 228 g/mol. The van der Waals surface area contributed by atoms with Gasteiger partial charge in [0.1, 0.15) is 5.82 Å². The van der Waals surface area contributed by atoms with E-state index in [1.807, 2.05) is 0 Å². The van der Waals surface area contributed by atoms with Crippen LogP contribution in [0.4, 0.5) is 4.39 Å². The van der Waals surface area contributed by atoms with Gasteiger partial charge < -0.3 is 14.8 Å². The van der Waals surface area contributed by atoms with E-state index in [9.17, 15) is 4.39 Å². The number of methoxy groups -OCH3 is 1. The van der Waals surface area contributed by atoms with Gasteiger partial charge in [-0.3, -0.25) is 0 Å². The topological polar surface area (TPSA) is 43.4 Å². The van der Waals surface area contributed by atoms with E-state index < -0.39 is 0 Å². The third-order valence-corrected chi connectivity index (χ3v) is 1.99. The van der Waals surface area contributed by atoms with Gasteiger partial charge in [0.2, 0.25) is 5.88 Å². The fourth-order valence-electron chi connectivity index (χ4n) is 1.29. The minimum Gasteiger partial charge on any atom is -0.477 e. The van der Waals surface area contributed by atoms with Gasteiger partial charge in [0.05, 0.1) is 12.8 Å². The molecule has 16 heavy (non-hydrogen) atoms. The fraction of sp³-hybridized carbons (Fsp3) is 0.545. The number of hydrogen-bond acceptors (Lipinski definition) is 4. The lowest BCUT2D eigenvalue weighted by atomic mass is 10.2. The Hall–Kier alpha value is -1.20. The van der Waals surface area contributed by atoms with Crippen molar-refractivity contribution >= 4 is 0 Å². The van der Waals surface area contributed by atoms with Crippen molar-refractivity contribution in [2.24, 2.45) is 0 Å². The highest BCUT2D eigenvalue weighted by Gasteiger charge is 2.06. The van der Waals surface area contributed by atoms with Gasteiger partial charge in [-0.1, -0.05) is 0 Å². The Labute approximate surface area is 94.8 Å². The van der Waals surface area contributed by atoms with E-state index in [4.69, 9.17) is 9.47 Å². The Morgan fingerprint density at radius 1 is 1.44 bits per heavy atom. The van der Waals surface area contributed by atoms with Gasteiger partial charge in [-0.2, -0.15) is 0 Å². The predicted molar refractivity (Wildman–Crippen MR) is 58.9 cm³/mol. The average molecular weight is 228 g/mol. The average Bonchev–Trinajstić information content (AvgIpc) is 2.27. The fourth-order valence-corrected chi connectivity index (χ4v) is 1.29. The first-order chi connectivity index (χ1) is 7.77. The molecule has 0 aliphatic carbocycles. The van der Waals surface area contributed by atoms with E-state index in [2.05, 4.69) is 10.3 Å². The van der Waals surface area contributed by atoms with Gasteiger partial charge >= 0.3 is 0 Å². The van der Waals surface area contributed by atoms with Crippen molar-refractivity contribution in [3.05, 3.63) is 23.6 Å². The van der Waals surface area contributed by atoms with Gasteiger partial charge in [0, 0.05) is 32.2 Å². The van der Waals surface area contributed by atoms with E-state index in [1.54, 1.807) is 14.2 Å². The number of rotatable bonds is 7. The maximum Gasteiger partial charge on any atom is 0.218 e. The standard InChI is InChI=1S/C11H17FN2O2/c1-13-7-9-6-10(12)8-14-11(9)16-5-3-4-15-2/h6,8,13H,3-5,7H2,1-2H3. The van der Waals surface area contributed by atoms with E-state index in [1.165, 1.54) is 6.07 Å². The molecule has 0 atom stereocenters. The molecule has 0 fully saturated rings. The molecule has 0 aromatic carbocycles. The SMILES string of the molecule is CNCc1cc(F)cnc1OCCCOC. The molecule has 90 valence electrons. The van der Waals surface area contributed by atoms with Crippen LogP contribution in [0.1, 0.15) is 12.0 Å². The summed E-state index contributed by atoms with van der Waals surface area (Å²) in [5, 5.41) is 2.94. The maximum absolute atomic E-state index is 12.9. The Balaban J connectivity index is 2.56. The number of hydrogen-bond donors (Lipinski definition) is 1. The lowest BCUT2D eigenvalue weighted by molar-refractivity contribution is 0.170. The minimum absolute atomic E-state index is 0.352. The van der Waals surface area contributed by atoms with Crippen LogP contribution in [0.3, 0.4) is 0 Å². The van der Waals surface area contributed by atoms with Crippen LogP contribution in [0.5, 0.6) is 5.88 Å². The molecule has 0 radical (unpaired) electrons. The molecule has 0 spiro atoms. The molecule has 0 amide bonds. The van der Waals surface area contributed by atoms with Gasteiger partial charge in [-0.25, -0.2) is 9.37 Å². The van der Waals surface area contributed by atoms with E-state index in [-0.39, 0.29) is 5.82 Å². The maximum atomic E-state index is 12.9. The van der Waals surface area contributed by atoms with Crippen LogP contribution >= 0.6 is 0 Å². The van der Waals surface area contributed by atoms with Crippen molar-refractivity contribution < 1.29 is 13.9 Å². The smallest absolute Gasteiger partial charge is 0.218 e. The summed E-state index contributed by atoms with van der Waals surface area (Å²) in [4.78, 5) is 3.92. The molecule has 4 nitrogen and oxygen atoms in total. The van der Waals surface area contributed by atoms with Gasteiger partial charge in [0.25, 0.3) is 0 Å². The zero-order valence-corrected chi connectivity index (χ0v) is 9.62. The summed E-state index contributed by atoms with van der Waals surface area (Å²) in [6.45, 7) is 1.69. The molecule has 1 N–H and O–H groups in total. The third kappa shape index (κ3) is 4.12. The second kappa shape index (κ2) is 7.14. The van der Waals surface area contributed by atoms with E-state index in [0.29, 0.717) is 25.6 Å². The summed E-state index contributed by atoms with van der Waals surface area (Å²) in [6, 6.07) is 1.43. The van der Waals surface area contributed by atoms with Crippen LogP contribution in [0, 0.1) is 5.82 Å². The normalized spacial score (nSPS) is 10.4. The first-order valence-corrected chi connectivity index (χ1v) is 5.18. The first-order valence-electron chi connectivity index (χ1n) is 5.18. The lowest BCUT2D eigenvalue weighted by Gasteiger charge is -2.09. The zero-order chi connectivity index (χ0) is 11.8. The molecule has 0 aliphatic rings. The van der Waals surface area contributed by atoms with Gasteiger partial charge in [0.15, 0.2) is 0 Å². The van der Waals surface area contributed by atoms with E-state index >= 15 is 0 Å². The van der Waals surface area contributed by atoms with Crippen LogP contribution in [-0.2, 0) is 11.3 Å². The van der Waals surface area contributed by atoms with Crippen molar-refractivity contribution in [2.45, 2.75) is 13.0 Å². The van der Waals surface area contributed by atoms with Crippen LogP contribution in [0.2, 0.25) is 0 Å². The molecule has 0 saturated heterocycles. The summed E-state index contributed by atoms with van der Waals surface area (Å²) in [5.41, 5.74) is 0.722. The van der Waals surface area contributed by atoms with Gasteiger partial charge in [-0.15, -0.1) is 0 Å². The molecule has 1 aromatic rings. The molecule has 0 unspecified atom stereocenters. The van der Waals surface area contributed by atoms with Crippen molar-refractivity contribution in [3.63, 3.8) is 0 Å². The first kappa shape index (κ1) is 12.9. The Bertz CT molecular complexity index is 321. The summed E-state index contributed by atoms with van der Waals surface area (Å²) in [6.07, 6.45) is 1.94. The number of aromatic nitrogens is 1. The number of ether oxygens (including phenoxy) is 2. The molecule has 0 bridgehead atoms. The molecule has 1 heterocycles. The van der Waals surface area contributed by atoms with Crippen LogP contribution in [0.15, 0.2) is 12.3 Å². The van der Waals surface area contributed by atoms with Crippen LogP contribution < -0.4 is 10.1 Å². The zero-order valence-electron chi connectivity index (χ0n) is 9.62. The Morgan fingerprint density at radius 3 is 2.94 bits per heavy atom. The van der Waals surface area contributed by atoms with Crippen molar-refractivity contribution in [1.82, 2.24) is 10.3 Å².